The van der Waals surface area contributed by atoms with Crippen molar-refractivity contribution in [2.75, 3.05) is 5.32 Å². The molecule has 0 fully saturated rings. The molecule has 1 amide bonds. The van der Waals surface area contributed by atoms with E-state index in [1.807, 2.05) is 24.3 Å². The van der Waals surface area contributed by atoms with Gasteiger partial charge in [-0.25, -0.2) is 0 Å². The van der Waals surface area contributed by atoms with Gasteiger partial charge in [-0.2, -0.15) is 9.61 Å². The van der Waals surface area contributed by atoms with Crippen LogP contribution in [0, 0.1) is 10.1 Å². The van der Waals surface area contributed by atoms with E-state index in [1.165, 1.54) is 18.2 Å². The molecular formula is C23H15N7O3. The predicted molar refractivity (Wildman–Crippen MR) is 120 cm³/mol. The molecule has 10 nitrogen and oxygen atoms in total. The molecule has 33 heavy (non-hydrogen) atoms. The molecule has 5 rings (SSSR count). The van der Waals surface area contributed by atoms with Crippen LogP contribution in [0.1, 0.15) is 10.4 Å². The van der Waals surface area contributed by atoms with E-state index >= 15 is 0 Å². The van der Waals surface area contributed by atoms with Crippen LogP contribution in [0.2, 0.25) is 0 Å². The third kappa shape index (κ3) is 3.88. The number of benzene rings is 2. The highest BCUT2D eigenvalue weighted by Gasteiger charge is 2.19. The van der Waals surface area contributed by atoms with Gasteiger partial charge in [0.2, 0.25) is 0 Å². The van der Waals surface area contributed by atoms with Gasteiger partial charge in [0.15, 0.2) is 11.5 Å². The molecule has 2 aromatic carbocycles. The van der Waals surface area contributed by atoms with Gasteiger partial charge in [0.05, 0.1) is 10.6 Å². The topological polar surface area (TPSA) is 128 Å². The van der Waals surface area contributed by atoms with Crippen LogP contribution in [-0.4, -0.2) is 35.6 Å². The average Bonchev–Trinajstić information content (AvgIpc) is 3.28. The zero-order valence-electron chi connectivity index (χ0n) is 17.0. The number of nitro benzene ring substituents is 1. The summed E-state index contributed by atoms with van der Waals surface area (Å²) in [5, 5.41) is 27.0. The molecule has 0 aliphatic rings. The van der Waals surface area contributed by atoms with Crippen LogP contribution in [0.15, 0.2) is 85.2 Å². The highest BCUT2D eigenvalue weighted by molar-refractivity contribution is 6.07. The number of rotatable bonds is 5. The van der Waals surface area contributed by atoms with Gasteiger partial charge in [0, 0.05) is 35.3 Å². The van der Waals surface area contributed by atoms with Crippen molar-refractivity contribution in [2.45, 2.75) is 0 Å². The molecule has 5 aromatic rings. The van der Waals surface area contributed by atoms with Gasteiger partial charge < -0.3 is 5.32 Å². The minimum absolute atomic E-state index is 0.0149. The lowest BCUT2D eigenvalue weighted by molar-refractivity contribution is -0.385. The molecule has 0 saturated heterocycles. The maximum absolute atomic E-state index is 12.7. The van der Waals surface area contributed by atoms with E-state index in [4.69, 9.17) is 0 Å². The zero-order chi connectivity index (χ0) is 22.8. The minimum Gasteiger partial charge on any atom is -0.322 e. The molecule has 0 saturated carbocycles. The van der Waals surface area contributed by atoms with Crippen LogP contribution in [-0.2, 0) is 0 Å². The predicted octanol–water partition coefficient (Wildman–Crippen LogP) is 4.01. The third-order valence-corrected chi connectivity index (χ3v) is 4.96. The van der Waals surface area contributed by atoms with E-state index in [0.717, 1.165) is 11.1 Å². The van der Waals surface area contributed by atoms with Gasteiger partial charge in [0.1, 0.15) is 5.56 Å². The molecule has 0 aliphatic carbocycles. The second kappa shape index (κ2) is 8.27. The standard InChI is InChI=1S/C23H15N7O3/c31-23(18-6-1-2-7-20(18)30(32)33)25-17-5-3-4-16(14-17)19-8-9-21-26-27-22(29(21)28-19)15-10-12-24-13-11-15/h1-14H,(H,25,31). The van der Waals surface area contributed by atoms with E-state index in [-0.39, 0.29) is 11.3 Å². The average molecular weight is 437 g/mol. The highest BCUT2D eigenvalue weighted by Crippen LogP contribution is 2.25. The molecule has 0 unspecified atom stereocenters. The van der Waals surface area contributed by atoms with Crippen molar-refractivity contribution < 1.29 is 9.72 Å². The number of hydrogen-bond acceptors (Lipinski definition) is 7. The number of para-hydroxylation sites is 1. The Balaban J connectivity index is 1.47. The number of hydrogen-bond donors (Lipinski definition) is 1. The molecule has 1 N–H and O–H groups in total. The number of nitro groups is 1. The number of fused-ring (bicyclic) bond motifs is 1. The lowest BCUT2D eigenvalue weighted by atomic mass is 10.1. The fourth-order valence-electron chi connectivity index (χ4n) is 3.40. The monoisotopic (exact) mass is 437 g/mol. The first-order chi connectivity index (χ1) is 16.1. The minimum atomic E-state index is -0.579. The van der Waals surface area contributed by atoms with Crippen LogP contribution in [0.4, 0.5) is 11.4 Å². The van der Waals surface area contributed by atoms with E-state index < -0.39 is 10.8 Å². The highest BCUT2D eigenvalue weighted by atomic mass is 16.6. The van der Waals surface area contributed by atoms with Crippen molar-refractivity contribution in [3.05, 3.63) is 101 Å². The van der Waals surface area contributed by atoms with Crippen molar-refractivity contribution in [1.82, 2.24) is 24.8 Å². The first kappa shape index (κ1) is 19.9. The van der Waals surface area contributed by atoms with Gasteiger partial charge in [-0.3, -0.25) is 19.9 Å². The van der Waals surface area contributed by atoms with E-state index in [1.54, 1.807) is 47.2 Å². The van der Waals surface area contributed by atoms with Crippen LogP contribution in [0.25, 0.3) is 28.3 Å². The summed E-state index contributed by atoms with van der Waals surface area (Å²) in [4.78, 5) is 27.3. The second-order valence-electron chi connectivity index (χ2n) is 7.06. The Kier molecular flexibility index (Phi) is 5.00. The Bertz CT molecular complexity index is 1500. The van der Waals surface area contributed by atoms with Crippen molar-refractivity contribution in [2.24, 2.45) is 0 Å². The molecular weight excluding hydrogens is 422 g/mol. The number of amides is 1. The van der Waals surface area contributed by atoms with Crippen LogP contribution in [0.5, 0.6) is 0 Å². The van der Waals surface area contributed by atoms with Crippen molar-refractivity contribution >= 4 is 22.9 Å². The number of nitrogens with zero attached hydrogens (tertiary/aromatic N) is 6. The maximum Gasteiger partial charge on any atom is 0.282 e. The Morgan fingerprint density at radius 1 is 0.909 bits per heavy atom. The summed E-state index contributed by atoms with van der Waals surface area (Å²) in [5.74, 6) is 0.0109. The first-order valence-corrected chi connectivity index (χ1v) is 9.88. The summed E-state index contributed by atoms with van der Waals surface area (Å²) in [6.07, 6.45) is 3.34. The van der Waals surface area contributed by atoms with Gasteiger partial charge in [0.25, 0.3) is 11.6 Å². The van der Waals surface area contributed by atoms with Crippen molar-refractivity contribution in [3.63, 3.8) is 0 Å². The fraction of sp³-hybridized carbons (Fsp3) is 0. The quantitative estimate of drug-likeness (QED) is 0.325. The maximum atomic E-state index is 12.7. The number of aromatic nitrogens is 5. The smallest absolute Gasteiger partial charge is 0.282 e. The Morgan fingerprint density at radius 3 is 2.55 bits per heavy atom. The first-order valence-electron chi connectivity index (χ1n) is 9.88. The number of pyridine rings is 1. The summed E-state index contributed by atoms with van der Waals surface area (Å²) >= 11 is 0. The van der Waals surface area contributed by atoms with Gasteiger partial charge in [-0.1, -0.05) is 24.3 Å². The number of carbonyl (C=O) groups is 1. The summed E-state index contributed by atoms with van der Waals surface area (Å²) in [7, 11) is 0. The fourth-order valence-corrected chi connectivity index (χ4v) is 3.40. The molecule has 0 aliphatic heterocycles. The summed E-state index contributed by atoms with van der Waals surface area (Å²) in [5.41, 5.74) is 3.01. The molecule has 0 bridgehead atoms. The molecule has 0 radical (unpaired) electrons. The van der Waals surface area contributed by atoms with Crippen LogP contribution < -0.4 is 5.32 Å². The summed E-state index contributed by atoms with van der Waals surface area (Å²) < 4.78 is 1.64. The van der Waals surface area contributed by atoms with E-state index in [9.17, 15) is 14.9 Å². The van der Waals surface area contributed by atoms with Gasteiger partial charge in [-0.05, 0) is 42.5 Å². The lowest BCUT2D eigenvalue weighted by Gasteiger charge is -2.08. The Morgan fingerprint density at radius 2 is 1.73 bits per heavy atom. The molecule has 10 heteroatoms. The summed E-state index contributed by atoms with van der Waals surface area (Å²) in [6, 6.07) is 20.1. The largest absolute Gasteiger partial charge is 0.322 e. The van der Waals surface area contributed by atoms with Gasteiger partial charge in [-0.15, -0.1) is 10.2 Å². The second-order valence-corrected chi connectivity index (χ2v) is 7.06. The Hall–Kier alpha value is -4.99. The molecule has 0 spiro atoms. The number of anilines is 1. The molecule has 3 aromatic heterocycles. The van der Waals surface area contributed by atoms with E-state index in [2.05, 4.69) is 25.6 Å². The van der Waals surface area contributed by atoms with Crippen molar-refractivity contribution in [3.8, 4) is 22.6 Å². The van der Waals surface area contributed by atoms with Crippen molar-refractivity contribution in [1.29, 1.82) is 0 Å². The number of carbonyl (C=O) groups excluding carboxylic acids is 1. The van der Waals surface area contributed by atoms with E-state index in [0.29, 0.717) is 22.9 Å². The summed E-state index contributed by atoms with van der Waals surface area (Å²) in [6.45, 7) is 0. The Labute approximate surface area is 186 Å². The molecule has 160 valence electrons. The lowest BCUT2D eigenvalue weighted by Crippen LogP contribution is -2.13. The third-order valence-electron chi connectivity index (χ3n) is 4.96. The normalized spacial score (nSPS) is 10.8. The SMILES string of the molecule is O=C(Nc1cccc(-c2ccc3nnc(-c4ccncc4)n3n2)c1)c1ccccc1[N+](=O)[O-]. The number of nitrogens with one attached hydrogen (secondary N) is 1. The van der Waals surface area contributed by atoms with Gasteiger partial charge >= 0.3 is 0 Å². The molecule has 3 heterocycles. The van der Waals surface area contributed by atoms with Crippen LogP contribution >= 0.6 is 0 Å². The zero-order valence-corrected chi connectivity index (χ0v) is 17.0. The molecule has 0 atom stereocenters. The van der Waals surface area contributed by atoms with Crippen LogP contribution in [0.3, 0.4) is 0 Å².